The fourth-order valence-corrected chi connectivity index (χ4v) is 2.68. The first-order valence-electron chi connectivity index (χ1n) is 6.65. The molecule has 1 aromatic rings. The predicted octanol–water partition coefficient (Wildman–Crippen LogP) is 5.07. The molecule has 0 heterocycles. The van der Waals surface area contributed by atoms with Gasteiger partial charge >= 0.3 is 0 Å². The van der Waals surface area contributed by atoms with Crippen LogP contribution in [0.2, 0.25) is 0 Å². The van der Waals surface area contributed by atoms with Gasteiger partial charge in [0.25, 0.3) is 0 Å². The van der Waals surface area contributed by atoms with Gasteiger partial charge in [0.2, 0.25) is 0 Å². The molecule has 0 aliphatic heterocycles. The number of unbranched alkanes of at least 4 members (excludes halogenated alkanes) is 2. The molecule has 0 saturated carbocycles. The molecule has 0 heteroatoms. The van der Waals surface area contributed by atoms with Crippen LogP contribution in [0.25, 0.3) is 0 Å². The van der Waals surface area contributed by atoms with Crippen molar-refractivity contribution in [2.75, 3.05) is 0 Å². The average Bonchev–Trinajstić information content (AvgIpc) is 2.79. The Balaban J connectivity index is 1.98. The Morgan fingerprint density at radius 1 is 1.12 bits per heavy atom. The molecule has 1 unspecified atom stereocenters. The maximum Gasteiger partial charge on any atom is 0.00510 e. The van der Waals surface area contributed by atoms with E-state index in [0.29, 0.717) is 0 Å². The molecule has 1 aliphatic rings. The minimum absolute atomic E-state index is 0.720. The van der Waals surface area contributed by atoms with Crippen molar-refractivity contribution in [3.8, 4) is 0 Å². The Hall–Kier alpha value is -1.04. The van der Waals surface area contributed by atoms with Crippen molar-refractivity contribution in [1.82, 2.24) is 0 Å². The maximum absolute atomic E-state index is 2.48. The third kappa shape index (κ3) is 2.75. The Kier molecular flexibility index (Phi) is 4.21. The Labute approximate surface area is 99.4 Å². The van der Waals surface area contributed by atoms with E-state index in [-0.39, 0.29) is 0 Å². The van der Waals surface area contributed by atoms with Gasteiger partial charge in [0.1, 0.15) is 0 Å². The normalized spacial score (nSPS) is 19.8. The lowest BCUT2D eigenvalue weighted by Crippen LogP contribution is -1.97. The fourth-order valence-electron chi connectivity index (χ4n) is 2.68. The predicted molar refractivity (Wildman–Crippen MR) is 70.6 cm³/mol. The molecule has 0 bridgehead atoms. The second kappa shape index (κ2) is 5.89. The number of allylic oxidation sites excluding steroid dienone is 2. The van der Waals surface area contributed by atoms with Crippen LogP contribution >= 0.6 is 0 Å². The summed E-state index contributed by atoms with van der Waals surface area (Å²) in [6.07, 6.45) is 10.5. The lowest BCUT2D eigenvalue weighted by molar-refractivity contribution is 0.670. The van der Waals surface area contributed by atoms with Crippen molar-refractivity contribution in [3.05, 3.63) is 47.5 Å². The zero-order valence-electron chi connectivity index (χ0n) is 10.3. The Morgan fingerprint density at radius 3 is 2.69 bits per heavy atom. The van der Waals surface area contributed by atoms with E-state index in [0.717, 1.165) is 5.92 Å². The third-order valence-corrected chi connectivity index (χ3v) is 3.58. The highest BCUT2D eigenvalue weighted by Crippen LogP contribution is 2.37. The van der Waals surface area contributed by atoms with Crippen LogP contribution in [0, 0.1) is 0 Å². The van der Waals surface area contributed by atoms with Crippen LogP contribution in [0.1, 0.15) is 56.9 Å². The van der Waals surface area contributed by atoms with Gasteiger partial charge in [0, 0.05) is 5.92 Å². The minimum Gasteiger partial charge on any atom is -0.0847 e. The zero-order chi connectivity index (χ0) is 11.2. The van der Waals surface area contributed by atoms with Crippen LogP contribution in [0.4, 0.5) is 0 Å². The smallest absolute Gasteiger partial charge is 0.00510 e. The van der Waals surface area contributed by atoms with E-state index in [1.807, 2.05) is 0 Å². The van der Waals surface area contributed by atoms with Crippen molar-refractivity contribution in [1.29, 1.82) is 0 Å². The fraction of sp³-hybridized carbons (Fsp3) is 0.500. The average molecular weight is 214 g/mol. The maximum atomic E-state index is 2.48. The largest absolute Gasteiger partial charge is 0.0847 e. The molecule has 16 heavy (non-hydrogen) atoms. The zero-order valence-corrected chi connectivity index (χ0v) is 10.3. The van der Waals surface area contributed by atoms with E-state index >= 15 is 0 Å². The SMILES string of the molecule is CCCCCC1=CCCC1c1ccccc1. The first kappa shape index (κ1) is 11.4. The van der Waals surface area contributed by atoms with E-state index in [1.165, 1.54) is 44.1 Å². The van der Waals surface area contributed by atoms with Crippen LogP contribution in [-0.4, -0.2) is 0 Å². The summed E-state index contributed by atoms with van der Waals surface area (Å²) in [7, 11) is 0. The summed E-state index contributed by atoms with van der Waals surface area (Å²) in [5, 5.41) is 0. The molecule has 2 rings (SSSR count). The second-order valence-electron chi connectivity index (χ2n) is 4.78. The first-order valence-corrected chi connectivity index (χ1v) is 6.65. The Morgan fingerprint density at radius 2 is 1.94 bits per heavy atom. The topological polar surface area (TPSA) is 0 Å². The molecule has 0 amide bonds. The molecule has 0 radical (unpaired) electrons. The van der Waals surface area contributed by atoms with E-state index in [9.17, 15) is 0 Å². The molecule has 0 nitrogen and oxygen atoms in total. The molecule has 1 aromatic carbocycles. The van der Waals surface area contributed by atoms with Crippen LogP contribution < -0.4 is 0 Å². The summed E-state index contributed by atoms with van der Waals surface area (Å²) in [6, 6.07) is 11.0. The summed E-state index contributed by atoms with van der Waals surface area (Å²) < 4.78 is 0. The van der Waals surface area contributed by atoms with Gasteiger partial charge in [-0.15, -0.1) is 0 Å². The molecule has 0 N–H and O–H groups in total. The van der Waals surface area contributed by atoms with Gasteiger partial charge in [0.05, 0.1) is 0 Å². The summed E-state index contributed by atoms with van der Waals surface area (Å²) in [5.74, 6) is 0.720. The highest BCUT2D eigenvalue weighted by atomic mass is 14.2. The molecule has 1 aliphatic carbocycles. The van der Waals surface area contributed by atoms with Crippen LogP contribution in [0.15, 0.2) is 42.0 Å². The standard InChI is InChI=1S/C16H22/c1-2-3-5-9-15-12-8-13-16(15)14-10-6-4-7-11-14/h4,6-7,10-12,16H,2-3,5,8-9,13H2,1H3. The molecule has 1 atom stereocenters. The van der Waals surface area contributed by atoms with E-state index in [1.54, 1.807) is 5.57 Å². The summed E-state index contributed by atoms with van der Waals surface area (Å²) in [6.45, 7) is 2.28. The monoisotopic (exact) mass is 214 g/mol. The first-order chi connectivity index (χ1) is 7.92. The van der Waals surface area contributed by atoms with E-state index in [2.05, 4.69) is 43.3 Å². The van der Waals surface area contributed by atoms with Gasteiger partial charge in [-0.05, 0) is 31.2 Å². The van der Waals surface area contributed by atoms with Gasteiger partial charge in [0.15, 0.2) is 0 Å². The molecular formula is C16H22. The molecule has 0 aromatic heterocycles. The van der Waals surface area contributed by atoms with Gasteiger partial charge in [-0.3, -0.25) is 0 Å². The molecule has 0 saturated heterocycles. The van der Waals surface area contributed by atoms with Gasteiger partial charge in [-0.1, -0.05) is 61.7 Å². The molecule has 86 valence electrons. The van der Waals surface area contributed by atoms with Gasteiger partial charge in [-0.25, -0.2) is 0 Å². The van der Waals surface area contributed by atoms with E-state index < -0.39 is 0 Å². The lowest BCUT2D eigenvalue weighted by Gasteiger charge is -2.15. The highest BCUT2D eigenvalue weighted by Gasteiger charge is 2.19. The summed E-state index contributed by atoms with van der Waals surface area (Å²) in [4.78, 5) is 0. The van der Waals surface area contributed by atoms with Gasteiger partial charge < -0.3 is 0 Å². The number of hydrogen-bond acceptors (Lipinski definition) is 0. The van der Waals surface area contributed by atoms with Crippen molar-refractivity contribution in [2.45, 2.75) is 51.4 Å². The van der Waals surface area contributed by atoms with Crippen molar-refractivity contribution in [3.63, 3.8) is 0 Å². The van der Waals surface area contributed by atoms with Crippen molar-refractivity contribution >= 4 is 0 Å². The number of benzene rings is 1. The van der Waals surface area contributed by atoms with Crippen LogP contribution in [0.5, 0.6) is 0 Å². The third-order valence-electron chi connectivity index (χ3n) is 3.58. The molecule has 0 spiro atoms. The highest BCUT2D eigenvalue weighted by molar-refractivity contribution is 5.31. The molecule has 0 fully saturated rings. The summed E-state index contributed by atoms with van der Waals surface area (Å²) in [5.41, 5.74) is 3.21. The molecular weight excluding hydrogens is 192 g/mol. The minimum atomic E-state index is 0.720. The van der Waals surface area contributed by atoms with Crippen LogP contribution in [0.3, 0.4) is 0 Å². The summed E-state index contributed by atoms with van der Waals surface area (Å²) >= 11 is 0. The van der Waals surface area contributed by atoms with Crippen molar-refractivity contribution < 1.29 is 0 Å². The quantitative estimate of drug-likeness (QED) is 0.474. The van der Waals surface area contributed by atoms with Gasteiger partial charge in [-0.2, -0.15) is 0 Å². The Bertz CT molecular complexity index is 334. The second-order valence-corrected chi connectivity index (χ2v) is 4.78. The van der Waals surface area contributed by atoms with Crippen molar-refractivity contribution in [2.24, 2.45) is 0 Å². The number of rotatable bonds is 5. The van der Waals surface area contributed by atoms with Crippen LogP contribution in [-0.2, 0) is 0 Å². The van der Waals surface area contributed by atoms with E-state index in [4.69, 9.17) is 0 Å². The number of hydrogen-bond donors (Lipinski definition) is 0. The lowest BCUT2D eigenvalue weighted by atomic mass is 9.90.